The van der Waals surface area contributed by atoms with Crippen molar-refractivity contribution < 1.29 is 14.3 Å². The molecule has 3 aromatic rings. The first-order valence-electron chi connectivity index (χ1n) is 9.20. The first-order chi connectivity index (χ1) is 13.1. The number of aromatic amines is 1. The molecule has 0 spiro atoms. The summed E-state index contributed by atoms with van der Waals surface area (Å²) < 4.78 is 7.32. The highest BCUT2D eigenvalue weighted by molar-refractivity contribution is 5.93. The summed E-state index contributed by atoms with van der Waals surface area (Å²) in [5.74, 6) is 1.60. The van der Waals surface area contributed by atoms with Crippen molar-refractivity contribution in [2.45, 2.75) is 32.2 Å². The average molecular weight is 369 g/mol. The second kappa shape index (κ2) is 7.40. The van der Waals surface area contributed by atoms with Crippen LogP contribution >= 0.6 is 0 Å². The molecule has 142 valence electrons. The van der Waals surface area contributed by atoms with E-state index >= 15 is 0 Å². The number of furan rings is 1. The predicted octanol–water partition coefficient (Wildman–Crippen LogP) is 2.19. The Hall–Kier alpha value is -2.87. The Morgan fingerprint density at radius 3 is 3.07 bits per heavy atom. The highest BCUT2D eigenvalue weighted by Crippen LogP contribution is 2.27. The highest BCUT2D eigenvalue weighted by atomic mass is 16.3. The zero-order valence-corrected chi connectivity index (χ0v) is 15.3. The molecule has 8 heteroatoms. The molecule has 0 radical (unpaired) electrons. The van der Waals surface area contributed by atoms with E-state index < -0.39 is 0 Å². The molecule has 0 saturated carbocycles. The minimum Gasteiger partial charge on any atom is -0.460 e. The number of hydrogen-bond acceptors (Lipinski definition) is 5. The number of aliphatic hydroxyl groups excluding tert-OH is 1. The molecule has 0 unspecified atom stereocenters. The van der Waals surface area contributed by atoms with E-state index in [-0.39, 0.29) is 18.4 Å². The summed E-state index contributed by atoms with van der Waals surface area (Å²) in [5, 5.41) is 20.6. The van der Waals surface area contributed by atoms with E-state index in [1.165, 1.54) is 0 Å². The third kappa shape index (κ3) is 3.66. The first kappa shape index (κ1) is 17.5. The molecule has 0 bridgehead atoms. The molecule has 27 heavy (non-hydrogen) atoms. The largest absolute Gasteiger partial charge is 0.460 e. The van der Waals surface area contributed by atoms with Crippen molar-refractivity contribution in [3.8, 4) is 11.5 Å². The number of likely N-dealkylation sites (tertiary alicyclic amines) is 1. The van der Waals surface area contributed by atoms with Gasteiger partial charge in [-0.15, -0.1) is 0 Å². The molecule has 1 atom stereocenters. The van der Waals surface area contributed by atoms with Crippen LogP contribution in [0.15, 0.2) is 34.9 Å². The van der Waals surface area contributed by atoms with E-state index in [1.54, 1.807) is 10.7 Å². The molecule has 2 N–H and O–H groups in total. The van der Waals surface area contributed by atoms with Crippen molar-refractivity contribution in [3.05, 3.63) is 47.6 Å². The number of rotatable bonds is 5. The van der Waals surface area contributed by atoms with Gasteiger partial charge in [-0.2, -0.15) is 10.2 Å². The maximum absolute atomic E-state index is 12.9. The smallest absolute Gasteiger partial charge is 0.274 e. The highest BCUT2D eigenvalue weighted by Gasteiger charge is 2.28. The van der Waals surface area contributed by atoms with E-state index in [0.717, 1.165) is 24.3 Å². The van der Waals surface area contributed by atoms with Crippen LogP contribution in [0.1, 0.15) is 40.7 Å². The molecule has 1 aliphatic rings. The fraction of sp³-hybridized carbons (Fsp3) is 0.421. The van der Waals surface area contributed by atoms with E-state index in [9.17, 15) is 4.79 Å². The number of aromatic nitrogens is 4. The van der Waals surface area contributed by atoms with Crippen molar-refractivity contribution >= 4 is 5.91 Å². The number of aryl methyl sites for hydroxylation is 1. The summed E-state index contributed by atoms with van der Waals surface area (Å²) in [6.07, 6.45) is 3.80. The molecule has 3 aromatic heterocycles. The molecule has 1 fully saturated rings. The minimum atomic E-state index is -0.0831. The van der Waals surface area contributed by atoms with E-state index in [1.807, 2.05) is 36.2 Å². The summed E-state index contributed by atoms with van der Waals surface area (Å²) in [6.45, 7) is 3.76. The molecular weight excluding hydrogens is 346 g/mol. The van der Waals surface area contributed by atoms with Gasteiger partial charge in [0.2, 0.25) is 0 Å². The number of carbonyl (C=O) groups is 1. The lowest BCUT2D eigenvalue weighted by atomic mass is 9.95. The quantitative estimate of drug-likeness (QED) is 0.718. The fourth-order valence-electron chi connectivity index (χ4n) is 3.52. The van der Waals surface area contributed by atoms with Crippen LogP contribution in [0.25, 0.3) is 11.5 Å². The van der Waals surface area contributed by atoms with Gasteiger partial charge in [-0.3, -0.25) is 14.6 Å². The van der Waals surface area contributed by atoms with Gasteiger partial charge in [0.25, 0.3) is 5.91 Å². The van der Waals surface area contributed by atoms with Gasteiger partial charge in [0.15, 0.2) is 11.5 Å². The Morgan fingerprint density at radius 1 is 1.41 bits per heavy atom. The van der Waals surface area contributed by atoms with Crippen LogP contribution < -0.4 is 0 Å². The molecule has 4 heterocycles. The molecule has 1 aliphatic heterocycles. The number of piperidine rings is 1. The molecular formula is C19H23N5O3. The van der Waals surface area contributed by atoms with Gasteiger partial charge in [-0.05, 0) is 38.0 Å². The Balaban J connectivity index is 1.46. The average Bonchev–Trinajstić information content (AvgIpc) is 3.42. The van der Waals surface area contributed by atoms with E-state index in [0.29, 0.717) is 36.8 Å². The number of hydrogen-bond donors (Lipinski definition) is 2. The number of nitrogens with zero attached hydrogens (tertiary/aromatic N) is 4. The lowest BCUT2D eigenvalue weighted by Crippen LogP contribution is -2.39. The summed E-state index contributed by atoms with van der Waals surface area (Å²) in [4.78, 5) is 14.7. The van der Waals surface area contributed by atoms with Crippen molar-refractivity contribution in [2.75, 3.05) is 19.7 Å². The molecule has 0 aromatic carbocycles. The number of aliphatic hydroxyl groups is 1. The van der Waals surface area contributed by atoms with Crippen molar-refractivity contribution in [1.82, 2.24) is 24.9 Å². The van der Waals surface area contributed by atoms with E-state index in [4.69, 9.17) is 9.52 Å². The monoisotopic (exact) mass is 369 g/mol. The third-order valence-corrected chi connectivity index (χ3v) is 4.92. The second-order valence-corrected chi connectivity index (χ2v) is 6.89. The Kier molecular flexibility index (Phi) is 4.81. The molecule has 8 nitrogen and oxygen atoms in total. The predicted molar refractivity (Wildman–Crippen MR) is 98.2 cm³/mol. The Bertz CT molecular complexity index is 925. The van der Waals surface area contributed by atoms with Gasteiger partial charge in [0, 0.05) is 31.3 Å². The van der Waals surface area contributed by atoms with Gasteiger partial charge in [0.05, 0.1) is 18.8 Å². The molecule has 1 amide bonds. The van der Waals surface area contributed by atoms with Crippen molar-refractivity contribution in [3.63, 3.8) is 0 Å². The van der Waals surface area contributed by atoms with Crippen LogP contribution in [-0.4, -0.2) is 55.6 Å². The normalized spacial score (nSPS) is 17.4. The molecule has 4 rings (SSSR count). The van der Waals surface area contributed by atoms with Crippen LogP contribution in [0, 0.1) is 6.92 Å². The fourth-order valence-corrected chi connectivity index (χ4v) is 3.52. The molecule has 1 saturated heterocycles. The van der Waals surface area contributed by atoms with Crippen LogP contribution in [0.5, 0.6) is 0 Å². The third-order valence-electron chi connectivity index (χ3n) is 4.92. The topological polar surface area (TPSA) is 100 Å². The van der Waals surface area contributed by atoms with Gasteiger partial charge >= 0.3 is 0 Å². The number of H-pyrrole nitrogens is 1. The molecule has 0 aliphatic carbocycles. The van der Waals surface area contributed by atoms with Crippen LogP contribution in [0.4, 0.5) is 0 Å². The number of amides is 1. The summed E-state index contributed by atoms with van der Waals surface area (Å²) in [7, 11) is 0. The second-order valence-electron chi connectivity index (χ2n) is 6.89. The van der Waals surface area contributed by atoms with Gasteiger partial charge in [-0.25, -0.2) is 0 Å². The number of nitrogens with one attached hydrogen (secondary N) is 1. The first-order valence-corrected chi connectivity index (χ1v) is 9.20. The summed E-state index contributed by atoms with van der Waals surface area (Å²) in [5.41, 5.74) is 2.06. The van der Waals surface area contributed by atoms with Crippen molar-refractivity contribution in [1.29, 1.82) is 0 Å². The van der Waals surface area contributed by atoms with Crippen LogP contribution in [0.2, 0.25) is 0 Å². The zero-order valence-electron chi connectivity index (χ0n) is 15.3. The van der Waals surface area contributed by atoms with Gasteiger partial charge < -0.3 is 14.4 Å². The maximum Gasteiger partial charge on any atom is 0.274 e. The van der Waals surface area contributed by atoms with Crippen molar-refractivity contribution in [2.24, 2.45) is 0 Å². The maximum atomic E-state index is 12.9. The van der Waals surface area contributed by atoms with Gasteiger partial charge in [0.1, 0.15) is 11.5 Å². The Morgan fingerprint density at radius 2 is 2.30 bits per heavy atom. The SMILES string of the molecule is Cc1ccc(-c2cc(C(=O)N3CCC[C@@H](c4ccn(CCO)n4)C3)n[nH]2)o1. The van der Waals surface area contributed by atoms with E-state index in [2.05, 4.69) is 15.3 Å². The zero-order chi connectivity index (χ0) is 18.8. The lowest BCUT2D eigenvalue weighted by molar-refractivity contribution is 0.0699. The number of carbonyl (C=O) groups excluding carboxylic acids is 1. The van der Waals surface area contributed by atoms with Crippen LogP contribution in [-0.2, 0) is 6.54 Å². The summed E-state index contributed by atoms with van der Waals surface area (Å²) >= 11 is 0. The minimum absolute atomic E-state index is 0.0626. The Labute approximate surface area is 156 Å². The summed E-state index contributed by atoms with van der Waals surface area (Å²) in [6, 6.07) is 7.44. The standard InChI is InChI=1S/C19H23N5O3/c1-13-4-5-18(27-13)16-11-17(21-20-16)19(26)23-7-2-3-14(12-23)15-6-8-24(22-15)9-10-25/h4-6,8,11,14,25H,2-3,7,9-10,12H2,1H3,(H,20,21)/t14-/m1/s1. The van der Waals surface area contributed by atoms with Crippen LogP contribution in [0.3, 0.4) is 0 Å². The van der Waals surface area contributed by atoms with Gasteiger partial charge in [-0.1, -0.05) is 0 Å². The lowest BCUT2D eigenvalue weighted by Gasteiger charge is -2.31.